The van der Waals surface area contributed by atoms with Crippen molar-refractivity contribution in [3.05, 3.63) is 22.3 Å². The summed E-state index contributed by atoms with van der Waals surface area (Å²) in [4.78, 5) is 7.06. The molecule has 0 amide bonds. The van der Waals surface area contributed by atoms with E-state index in [1.165, 1.54) is 5.56 Å². The number of rotatable bonds is 5. The van der Waals surface area contributed by atoms with Crippen molar-refractivity contribution >= 4 is 21.7 Å². The molecule has 0 radical (unpaired) electrons. The van der Waals surface area contributed by atoms with Crippen LogP contribution in [0.15, 0.2) is 16.7 Å². The van der Waals surface area contributed by atoms with E-state index < -0.39 is 0 Å². The van der Waals surface area contributed by atoms with Gasteiger partial charge >= 0.3 is 0 Å². The molecular formula is C15H24BrN3O. The summed E-state index contributed by atoms with van der Waals surface area (Å²) in [6, 6.07) is 3.06. The van der Waals surface area contributed by atoms with Gasteiger partial charge < -0.3 is 15.0 Å². The quantitative estimate of drug-likeness (QED) is 0.893. The first-order chi connectivity index (χ1) is 9.61. The maximum absolute atomic E-state index is 5.59. The van der Waals surface area contributed by atoms with E-state index in [1.54, 1.807) is 0 Å². The molecule has 0 saturated carbocycles. The fraction of sp³-hybridized carbons (Fsp3) is 0.667. The van der Waals surface area contributed by atoms with Crippen LogP contribution in [0.5, 0.6) is 0 Å². The predicted molar refractivity (Wildman–Crippen MR) is 86.2 cm³/mol. The van der Waals surface area contributed by atoms with E-state index in [1.807, 2.05) is 6.20 Å². The molecule has 0 aromatic carbocycles. The van der Waals surface area contributed by atoms with Gasteiger partial charge in [0.2, 0.25) is 0 Å². The lowest BCUT2D eigenvalue weighted by atomic mass is 10.1. The largest absolute Gasteiger partial charge is 0.377 e. The Labute approximate surface area is 130 Å². The Kier molecular flexibility index (Phi) is 5.81. The van der Waals surface area contributed by atoms with Crippen molar-refractivity contribution in [3.63, 3.8) is 0 Å². The third-order valence-electron chi connectivity index (χ3n) is 3.58. The van der Waals surface area contributed by atoms with Crippen molar-refractivity contribution in [2.75, 3.05) is 24.7 Å². The molecule has 1 aromatic heterocycles. The number of nitrogens with zero attached hydrogens (tertiary/aromatic N) is 2. The lowest BCUT2D eigenvalue weighted by Gasteiger charge is -2.37. The highest BCUT2D eigenvalue weighted by atomic mass is 79.9. The van der Waals surface area contributed by atoms with Gasteiger partial charge in [0, 0.05) is 35.4 Å². The molecule has 1 atom stereocenters. The van der Waals surface area contributed by atoms with E-state index in [9.17, 15) is 0 Å². The smallest absolute Gasteiger partial charge is 0.133 e. The molecule has 1 saturated heterocycles. The highest BCUT2D eigenvalue weighted by molar-refractivity contribution is 9.10. The second kappa shape index (κ2) is 7.38. The van der Waals surface area contributed by atoms with Gasteiger partial charge in [-0.05, 0) is 28.4 Å². The van der Waals surface area contributed by atoms with Crippen LogP contribution in [0.1, 0.15) is 32.8 Å². The van der Waals surface area contributed by atoms with E-state index in [0.717, 1.165) is 43.0 Å². The highest BCUT2D eigenvalue weighted by Gasteiger charge is 2.24. The van der Waals surface area contributed by atoms with Crippen LogP contribution >= 0.6 is 15.9 Å². The number of morpholine rings is 1. The van der Waals surface area contributed by atoms with Crippen LogP contribution in [0.3, 0.4) is 0 Å². The number of hydrogen-bond acceptors (Lipinski definition) is 4. The molecule has 1 aromatic rings. The van der Waals surface area contributed by atoms with E-state index in [2.05, 4.69) is 58.0 Å². The van der Waals surface area contributed by atoms with Crippen molar-refractivity contribution < 1.29 is 4.74 Å². The summed E-state index contributed by atoms with van der Waals surface area (Å²) in [6.45, 7) is 9.87. The average molecular weight is 342 g/mol. The Balaban J connectivity index is 2.24. The Bertz CT molecular complexity index is 439. The van der Waals surface area contributed by atoms with E-state index in [4.69, 9.17) is 4.74 Å². The lowest BCUT2D eigenvalue weighted by molar-refractivity contribution is 0.0924. The molecule has 0 bridgehead atoms. The fourth-order valence-electron chi connectivity index (χ4n) is 2.45. The van der Waals surface area contributed by atoms with Crippen LogP contribution in [0, 0.1) is 0 Å². The molecule has 0 aliphatic carbocycles. The van der Waals surface area contributed by atoms with Gasteiger partial charge in [0.25, 0.3) is 0 Å². The third-order valence-corrected chi connectivity index (χ3v) is 4.01. The van der Waals surface area contributed by atoms with Crippen molar-refractivity contribution in [3.8, 4) is 0 Å². The van der Waals surface area contributed by atoms with Gasteiger partial charge in [-0.2, -0.15) is 0 Å². The Morgan fingerprint density at radius 3 is 3.05 bits per heavy atom. The molecule has 2 heterocycles. The number of aromatic nitrogens is 1. The summed E-state index contributed by atoms with van der Waals surface area (Å²) >= 11 is 3.53. The van der Waals surface area contributed by atoms with Gasteiger partial charge in [0.1, 0.15) is 5.82 Å². The predicted octanol–water partition coefficient (Wildman–Crippen LogP) is 2.96. The standard InChI is InChI=1S/C15H24BrN3O/c1-4-14-10-20-6-5-19(14)15-12(8-17-11(2)3)7-13(16)9-18-15/h7,9,11,14,17H,4-6,8,10H2,1-3H3. The van der Waals surface area contributed by atoms with E-state index in [0.29, 0.717) is 12.1 Å². The molecule has 1 aliphatic heterocycles. The zero-order valence-electron chi connectivity index (χ0n) is 12.5. The molecule has 1 fully saturated rings. The number of hydrogen-bond donors (Lipinski definition) is 1. The second-order valence-corrected chi connectivity index (χ2v) is 6.42. The molecule has 0 spiro atoms. The van der Waals surface area contributed by atoms with Gasteiger partial charge in [-0.15, -0.1) is 0 Å². The SMILES string of the molecule is CCC1COCCN1c1ncc(Br)cc1CNC(C)C. The Morgan fingerprint density at radius 1 is 1.55 bits per heavy atom. The molecule has 20 heavy (non-hydrogen) atoms. The summed E-state index contributed by atoms with van der Waals surface area (Å²) < 4.78 is 6.62. The minimum Gasteiger partial charge on any atom is -0.377 e. The van der Waals surface area contributed by atoms with Gasteiger partial charge in [-0.25, -0.2) is 4.98 Å². The van der Waals surface area contributed by atoms with Crippen LogP contribution in [0.4, 0.5) is 5.82 Å². The van der Waals surface area contributed by atoms with Crippen LogP contribution in [0.25, 0.3) is 0 Å². The minimum atomic E-state index is 0.426. The summed E-state index contributed by atoms with van der Waals surface area (Å²) in [5.41, 5.74) is 1.24. The van der Waals surface area contributed by atoms with Crippen molar-refractivity contribution in [1.82, 2.24) is 10.3 Å². The average Bonchev–Trinajstić information content (AvgIpc) is 2.45. The molecule has 4 nitrogen and oxygen atoms in total. The molecule has 1 N–H and O–H groups in total. The Hall–Kier alpha value is -0.650. The maximum atomic E-state index is 5.59. The number of anilines is 1. The van der Waals surface area contributed by atoms with Gasteiger partial charge in [0.15, 0.2) is 0 Å². The molecule has 1 aliphatic rings. The van der Waals surface area contributed by atoms with Gasteiger partial charge in [0.05, 0.1) is 19.3 Å². The normalized spacial score (nSPS) is 19.6. The minimum absolute atomic E-state index is 0.426. The lowest BCUT2D eigenvalue weighted by Crippen LogP contribution is -2.46. The molecule has 5 heteroatoms. The summed E-state index contributed by atoms with van der Waals surface area (Å²) in [6.07, 6.45) is 2.96. The third kappa shape index (κ3) is 3.93. The van der Waals surface area contributed by atoms with Crippen molar-refractivity contribution in [2.24, 2.45) is 0 Å². The summed E-state index contributed by atoms with van der Waals surface area (Å²) in [5, 5.41) is 3.48. The van der Waals surface area contributed by atoms with Crippen molar-refractivity contribution in [2.45, 2.75) is 45.8 Å². The Morgan fingerprint density at radius 2 is 2.35 bits per heavy atom. The monoisotopic (exact) mass is 341 g/mol. The number of ether oxygens (including phenoxy) is 1. The van der Waals surface area contributed by atoms with Crippen LogP contribution < -0.4 is 10.2 Å². The summed E-state index contributed by atoms with van der Waals surface area (Å²) in [5.74, 6) is 1.09. The fourth-order valence-corrected chi connectivity index (χ4v) is 2.83. The molecule has 112 valence electrons. The van der Waals surface area contributed by atoms with E-state index >= 15 is 0 Å². The highest BCUT2D eigenvalue weighted by Crippen LogP contribution is 2.25. The first kappa shape index (κ1) is 15.7. The van der Waals surface area contributed by atoms with E-state index in [-0.39, 0.29) is 0 Å². The topological polar surface area (TPSA) is 37.4 Å². The number of halogens is 1. The van der Waals surface area contributed by atoms with Crippen LogP contribution in [-0.4, -0.2) is 36.8 Å². The first-order valence-electron chi connectivity index (χ1n) is 7.34. The first-order valence-corrected chi connectivity index (χ1v) is 8.13. The molecule has 2 rings (SSSR count). The zero-order chi connectivity index (χ0) is 14.5. The van der Waals surface area contributed by atoms with Gasteiger partial charge in [-0.1, -0.05) is 20.8 Å². The zero-order valence-corrected chi connectivity index (χ0v) is 14.1. The molecule has 1 unspecified atom stereocenters. The van der Waals surface area contributed by atoms with Crippen molar-refractivity contribution in [1.29, 1.82) is 0 Å². The maximum Gasteiger partial charge on any atom is 0.133 e. The van der Waals surface area contributed by atoms with Crippen LogP contribution in [-0.2, 0) is 11.3 Å². The van der Waals surface area contributed by atoms with Crippen LogP contribution in [0.2, 0.25) is 0 Å². The van der Waals surface area contributed by atoms with Gasteiger partial charge in [-0.3, -0.25) is 0 Å². The summed E-state index contributed by atoms with van der Waals surface area (Å²) in [7, 11) is 0. The second-order valence-electron chi connectivity index (χ2n) is 5.50. The number of nitrogens with one attached hydrogen (secondary N) is 1. The molecular weight excluding hydrogens is 318 g/mol. The number of pyridine rings is 1.